The van der Waals surface area contributed by atoms with Crippen molar-refractivity contribution in [3.05, 3.63) is 35.9 Å². The summed E-state index contributed by atoms with van der Waals surface area (Å²) in [6.45, 7) is 2.15. The molecule has 0 bridgehead atoms. The molecule has 1 N–H and O–H groups in total. The first-order chi connectivity index (χ1) is 11.7. The van der Waals surface area contributed by atoms with Crippen molar-refractivity contribution in [2.24, 2.45) is 5.92 Å². The van der Waals surface area contributed by atoms with Gasteiger partial charge >= 0.3 is 5.97 Å². The molecule has 1 aromatic carbocycles. The molecule has 4 heteroatoms. The van der Waals surface area contributed by atoms with Crippen LogP contribution in [0.15, 0.2) is 30.3 Å². The van der Waals surface area contributed by atoms with E-state index in [2.05, 4.69) is 29.2 Å². The van der Waals surface area contributed by atoms with Crippen molar-refractivity contribution in [3.8, 4) is 0 Å². The van der Waals surface area contributed by atoms with E-state index in [9.17, 15) is 9.90 Å². The van der Waals surface area contributed by atoms with E-state index in [0.717, 1.165) is 25.9 Å². The van der Waals surface area contributed by atoms with Gasteiger partial charge < -0.3 is 9.84 Å². The molecule has 24 heavy (non-hydrogen) atoms. The van der Waals surface area contributed by atoms with Gasteiger partial charge in [0.2, 0.25) is 0 Å². The van der Waals surface area contributed by atoms with Crippen molar-refractivity contribution >= 4 is 5.97 Å². The highest BCUT2D eigenvalue weighted by Crippen LogP contribution is 2.31. The molecular formula is C20H31NO3. The summed E-state index contributed by atoms with van der Waals surface area (Å²) >= 11 is 0. The molecule has 2 rings (SSSR count). The number of hydrogen-bond donors (Lipinski definition) is 1. The van der Waals surface area contributed by atoms with Crippen LogP contribution >= 0.6 is 0 Å². The standard InChI is InChI=1S/C20H31NO3/c1-24-20(23)13-10-17-8-11-19(12-9-17)21(14-5-15-22)16-18-6-3-2-4-7-18/h2-4,6-7,17,19,22H,5,8-16H2,1H3/t17-,19-. The Balaban J connectivity index is 1.83. The number of carbonyl (C=O) groups is 1. The predicted molar refractivity (Wildman–Crippen MR) is 95.6 cm³/mol. The van der Waals surface area contributed by atoms with Crippen molar-refractivity contribution in [2.45, 2.75) is 57.5 Å². The Morgan fingerprint density at radius 1 is 1.21 bits per heavy atom. The van der Waals surface area contributed by atoms with Crippen LogP contribution in [0.2, 0.25) is 0 Å². The molecule has 0 saturated heterocycles. The number of carbonyl (C=O) groups excluding carboxylic acids is 1. The summed E-state index contributed by atoms with van der Waals surface area (Å²) in [5.74, 6) is 0.558. The smallest absolute Gasteiger partial charge is 0.305 e. The van der Waals surface area contributed by atoms with Crippen molar-refractivity contribution in [3.63, 3.8) is 0 Å². The fourth-order valence-electron chi connectivity index (χ4n) is 3.71. The minimum Gasteiger partial charge on any atom is -0.469 e. The number of rotatable bonds is 9. The van der Waals surface area contributed by atoms with Gasteiger partial charge in [0, 0.05) is 32.2 Å². The third kappa shape index (κ3) is 6.25. The van der Waals surface area contributed by atoms with Gasteiger partial charge in [-0.3, -0.25) is 9.69 Å². The number of ether oxygens (including phenoxy) is 1. The molecule has 0 radical (unpaired) electrons. The summed E-state index contributed by atoms with van der Waals surface area (Å²) < 4.78 is 4.74. The van der Waals surface area contributed by atoms with Gasteiger partial charge in [0.15, 0.2) is 0 Å². The van der Waals surface area contributed by atoms with Gasteiger partial charge in [0.25, 0.3) is 0 Å². The third-order valence-electron chi connectivity index (χ3n) is 5.15. The Bertz CT molecular complexity index is 469. The molecule has 0 spiro atoms. The average molecular weight is 333 g/mol. The zero-order valence-electron chi connectivity index (χ0n) is 14.8. The van der Waals surface area contributed by atoms with E-state index in [-0.39, 0.29) is 12.6 Å². The molecule has 1 aromatic rings. The number of hydrogen-bond acceptors (Lipinski definition) is 4. The lowest BCUT2D eigenvalue weighted by Gasteiger charge is -2.37. The van der Waals surface area contributed by atoms with Gasteiger partial charge in [-0.2, -0.15) is 0 Å². The summed E-state index contributed by atoms with van der Waals surface area (Å²) in [5.41, 5.74) is 1.34. The van der Waals surface area contributed by atoms with Gasteiger partial charge in [-0.15, -0.1) is 0 Å². The van der Waals surface area contributed by atoms with Gasteiger partial charge in [0.05, 0.1) is 7.11 Å². The molecule has 0 amide bonds. The summed E-state index contributed by atoms with van der Waals surface area (Å²) in [6.07, 6.45) is 7.07. The first kappa shape index (κ1) is 18.9. The van der Waals surface area contributed by atoms with E-state index in [1.165, 1.54) is 38.4 Å². The van der Waals surface area contributed by atoms with Crippen molar-refractivity contribution in [1.82, 2.24) is 4.90 Å². The molecular weight excluding hydrogens is 302 g/mol. The van der Waals surface area contributed by atoms with Crippen LogP contribution in [-0.4, -0.2) is 42.3 Å². The maximum absolute atomic E-state index is 11.3. The SMILES string of the molecule is COC(=O)CC[C@H]1CC[C@H](N(CCCO)Cc2ccccc2)CC1. The highest BCUT2D eigenvalue weighted by atomic mass is 16.5. The molecule has 134 valence electrons. The van der Waals surface area contributed by atoms with E-state index in [1.54, 1.807) is 0 Å². The quantitative estimate of drug-likeness (QED) is 0.704. The Morgan fingerprint density at radius 2 is 1.92 bits per heavy atom. The third-order valence-corrected chi connectivity index (χ3v) is 5.15. The molecule has 0 unspecified atom stereocenters. The summed E-state index contributed by atoms with van der Waals surface area (Å²) in [4.78, 5) is 13.8. The van der Waals surface area contributed by atoms with Crippen LogP contribution in [0, 0.1) is 5.92 Å². The molecule has 0 heterocycles. The molecule has 0 aromatic heterocycles. The normalized spacial score (nSPS) is 21.0. The van der Waals surface area contributed by atoms with E-state index in [0.29, 0.717) is 18.4 Å². The van der Waals surface area contributed by atoms with Gasteiger partial charge in [-0.05, 0) is 50.0 Å². The second kappa shape index (κ2) is 10.5. The van der Waals surface area contributed by atoms with Crippen molar-refractivity contribution < 1.29 is 14.6 Å². The second-order valence-electron chi connectivity index (χ2n) is 6.82. The van der Waals surface area contributed by atoms with Crippen molar-refractivity contribution in [1.29, 1.82) is 0 Å². The van der Waals surface area contributed by atoms with Crippen LogP contribution in [0.5, 0.6) is 0 Å². The van der Waals surface area contributed by atoms with Gasteiger partial charge in [-0.25, -0.2) is 0 Å². The predicted octanol–water partition coefficient (Wildman–Crippen LogP) is 3.38. The highest BCUT2D eigenvalue weighted by Gasteiger charge is 2.26. The number of aliphatic hydroxyl groups is 1. The maximum Gasteiger partial charge on any atom is 0.305 e. The molecule has 1 aliphatic carbocycles. The topological polar surface area (TPSA) is 49.8 Å². The average Bonchev–Trinajstić information content (AvgIpc) is 2.64. The monoisotopic (exact) mass is 333 g/mol. The zero-order chi connectivity index (χ0) is 17.2. The lowest BCUT2D eigenvalue weighted by atomic mass is 9.82. The second-order valence-corrected chi connectivity index (χ2v) is 6.82. The highest BCUT2D eigenvalue weighted by molar-refractivity contribution is 5.69. The first-order valence-electron chi connectivity index (χ1n) is 9.18. The molecule has 1 saturated carbocycles. The lowest BCUT2D eigenvalue weighted by molar-refractivity contribution is -0.141. The molecule has 0 atom stereocenters. The molecule has 1 aliphatic rings. The first-order valence-corrected chi connectivity index (χ1v) is 9.18. The number of nitrogens with zero attached hydrogens (tertiary/aromatic N) is 1. The molecule has 1 fully saturated rings. The Labute approximate surface area is 145 Å². The van der Waals surface area contributed by atoms with Crippen LogP contribution in [0.4, 0.5) is 0 Å². The minimum absolute atomic E-state index is 0.0919. The fourth-order valence-corrected chi connectivity index (χ4v) is 3.71. The molecule has 4 nitrogen and oxygen atoms in total. The van der Waals surface area contributed by atoms with E-state index in [1.807, 2.05) is 6.07 Å². The fraction of sp³-hybridized carbons (Fsp3) is 0.650. The summed E-state index contributed by atoms with van der Waals surface area (Å²) in [5, 5.41) is 9.20. The maximum atomic E-state index is 11.3. The van der Waals surface area contributed by atoms with Crippen molar-refractivity contribution in [2.75, 3.05) is 20.3 Å². The number of aliphatic hydroxyl groups excluding tert-OH is 1. The Kier molecular flexibility index (Phi) is 8.26. The number of methoxy groups -OCH3 is 1. The number of esters is 1. The van der Waals surface area contributed by atoms with E-state index < -0.39 is 0 Å². The van der Waals surface area contributed by atoms with Crippen LogP contribution in [0.1, 0.15) is 50.5 Å². The van der Waals surface area contributed by atoms with Gasteiger partial charge in [-0.1, -0.05) is 30.3 Å². The summed E-state index contributed by atoms with van der Waals surface area (Å²) in [7, 11) is 1.46. The van der Waals surface area contributed by atoms with Crippen LogP contribution < -0.4 is 0 Å². The summed E-state index contributed by atoms with van der Waals surface area (Å²) in [6, 6.07) is 11.2. The van der Waals surface area contributed by atoms with Crippen LogP contribution in [0.3, 0.4) is 0 Å². The Hall–Kier alpha value is -1.39. The van der Waals surface area contributed by atoms with E-state index in [4.69, 9.17) is 4.74 Å². The lowest BCUT2D eigenvalue weighted by Crippen LogP contribution is -2.38. The number of benzene rings is 1. The molecule has 0 aliphatic heterocycles. The van der Waals surface area contributed by atoms with Crippen LogP contribution in [0.25, 0.3) is 0 Å². The van der Waals surface area contributed by atoms with Crippen LogP contribution in [-0.2, 0) is 16.1 Å². The largest absolute Gasteiger partial charge is 0.469 e. The zero-order valence-corrected chi connectivity index (χ0v) is 14.8. The van der Waals surface area contributed by atoms with E-state index >= 15 is 0 Å². The minimum atomic E-state index is -0.0919. The Morgan fingerprint density at radius 3 is 2.54 bits per heavy atom. The van der Waals surface area contributed by atoms with Gasteiger partial charge in [0.1, 0.15) is 0 Å².